The largest absolute Gasteiger partial charge is 0.354 e. The quantitative estimate of drug-likeness (QED) is 0.667. The van der Waals surface area contributed by atoms with Crippen LogP contribution in [0.25, 0.3) is 6.08 Å². The average molecular weight is 200 g/mol. The number of H-pyrrole nitrogens is 1. The van der Waals surface area contributed by atoms with E-state index in [0.717, 1.165) is 6.42 Å². The molecule has 2 aliphatic rings. The van der Waals surface area contributed by atoms with E-state index in [1.54, 1.807) is 0 Å². The van der Waals surface area contributed by atoms with Crippen LogP contribution in [0.1, 0.15) is 36.4 Å². The number of nitrogens with one attached hydrogen (secondary N) is 1. The molecule has 1 aliphatic heterocycles. The lowest BCUT2D eigenvalue weighted by Gasteiger charge is -2.16. The average Bonchev–Trinajstić information content (AvgIpc) is 2.56. The first kappa shape index (κ1) is 8.96. The highest BCUT2D eigenvalue weighted by atomic mass is 14.8. The van der Waals surface area contributed by atoms with E-state index in [9.17, 15) is 0 Å². The minimum absolute atomic E-state index is 0.443. The van der Waals surface area contributed by atoms with E-state index >= 15 is 0 Å². The van der Waals surface area contributed by atoms with Crippen LogP contribution in [-0.4, -0.2) is 17.2 Å². The molecule has 2 nitrogen and oxygen atoms in total. The Kier molecular flexibility index (Phi) is 1.84. The van der Waals surface area contributed by atoms with Crippen molar-refractivity contribution in [1.29, 1.82) is 0 Å². The number of allylic oxidation sites excluding steroid dienone is 1. The maximum Gasteiger partial charge on any atom is 0.0602 e. The molecule has 0 bridgehead atoms. The van der Waals surface area contributed by atoms with E-state index in [1.807, 2.05) is 6.21 Å². The van der Waals surface area contributed by atoms with Crippen LogP contribution in [0.3, 0.4) is 0 Å². The number of aromatic nitrogens is 1. The molecule has 0 amide bonds. The number of hydrogen-bond donors (Lipinski definition) is 1. The van der Waals surface area contributed by atoms with E-state index in [1.165, 1.54) is 28.9 Å². The molecule has 2 unspecified atom stereocenters. The van der Waals surface area contributed by atoms with Gasteiger partial charge in [-0.1, -0.05) is 13.0 Å². The first-order valence-corrected chi connectivity index (χ1v) is 5.69. The Morgan fingerprint density at radius 1 is 1.20 bits per heavy atom. The van der Waals surface area contributed by atoms with Crippen molar-refractivity contribution >= 4 is 12.3 Å². The molecule has 1 aliphatic carbocycles. The standard InChI is InChI=1S/C13H16N2/c1-8-3-4-12-10(5-8)11-6-9(2)14-7-13(11)15-12/h3-4,7-9,15H,5-6H2,1-2H3. The summed E-state index contributed by atoms with van der Waals surface area (Å²) in [5.74, 6) is 0.673. The highest BCUT2D eigenvalue weighted by Gasteiger charge is 2.22. The Hall–Kier alpha value is -1.31. The molecule has 3 rings (SSSR count). The second kappa shape index (κ2) is 3.09. The summed E-state index contributed by atoms with van der Waals surface area (Å²) in [6.45, 7) is 4.46. The Morgan fingerprint density at radius 2 is 2.00 bits per heavy atom. The van der Waals surface area contributed by atoms with Gasteiger partial charge in [-0.25, -0.2) is 0 Å². The van der Waals surface area contributed by atoms with Crippen LogP contribution in [0.2, 0.25) is 0 Å². The fraction of sp³-hybridized carbons (Fsp3) is 0.462. The van der Waals surface area contributed by atoms with Gasteiger partial charge in [0.1, 0.15) is 0 Å². The van der Waals surface area contributed by atoms with Crippen molar-refractivity contribution in [1.82, 2.24) is 4.98 Å². The third-order valence-corrected chi connectivity index (χ3v) is 3.36. The number of hydrogen-bond acceptors (Lipinski definition) is 1. The molecule has 0 fully saturated rings. The molecule has 0 spiro atoms. The van der Waals surface area contributed by atoms with Gasteiger partial charge in [-0.3, -0.25) is 4.99 Å². The SMILES string of the molecule is CC1C=Cc2[nH]c3c(c2C1)CC(C)N=C3. The van der Waals surface area contributed by atoms with Gasteiger partial charge in [-0.05, 0) is 42.9 Å². The predicted molar refractivity (Wildman–Crippen MR) is 63.5 cm³/mol. The molecule has 2 heterocycles. The van der Waals surface area contributed by atoms with Crippen molar-refractivity contribution in [2.75, 3.05) is 0 Å². The molecular formula is C13H16N2. The lowest BCUT2D eigenvalue weighted by atomic mass is 9.89. The number of nitrogens with zero attached hydrogens (tertiary/aromatic N) is 1. The molecule has 1 aromatic heterocycles. The molecule has 78 valence electrons. The number of fused-ring (bicyclic) bond motifs is 3. The second-order valence-corrected chi connectivity index (χ2v) is 4.78. The lowest BCUT2D eigenvalue weighted by molar-refractivity contribution is 0.689. The summed E-state index contributed by atoms with van der Waals surface area (Å²) in [5, 5.41) is 0. The van der Waals surface area contributed by atoms with Gasteiger partial charge in [-0.2, -0.15) is 0 Å². The second-order valence-electron chi connectivity index (χ2n) is 4.78. The summed E-state index contributed by atoms with van der Waals surface area (Å²) < 4.78 is 0. The van der Waals surface area contributed by atoms with Crippen molar-refractivity contribution in [3.05, 3.63) is 28.6 Å². The summed E-state index contributed by atoms with van der Waals surface area (Å²) >= 11 is 0. The van der Waals surface area contributed by atoms with Crippen LogP contribution in [-0.2, 0) is 12.8 Å². The lowest BCUT2D eigenvalue weighted by Crippen LogP contribution is -2.13. The van der Waals surface area contributed by atoms with Crippen molar-refractivity contribution in [2.24, 2.45) is 10.9 Å². The zero-order chi connectivity index (χ0) is 10.4. The van der Waals surface area contributed by atoms with E-state index in [0.29, 0.717) is 12.0 Å². The summed E-state index contributed by atoms with van der Waals surface area (Å²) in [6.07, 6.45) is 8.78. The molecule has 0 saturated heterocycles. The maximum absolute atomic E-state index is 4.45. The first-order valence-electron chi connectivity index (χ1n) is 5.69. The Labute approximate surface area is 90.1 Å². The van der Waals surface area contributed by atoms with Crippen LogP contribution >= 0.6 is 0 Å². The molecule has 1 aromatic rings. The Morgan fingerprint density at radius 3 is 2.87 bits per heavy atom. The number of aromatic amines is 1. The van der Waals surface area contributed by atoms with E-state index < -0.39 is 0 Å². The van der Waals surface area contributed by atoms with Gasteiger partial charge in [0.25, 0.3) is 0 Å². The van der Waals surface area contributed by atoms with Gasteiger partial charge in [0.15, 0.2) is 0 Å². The van der Waals surface area contributed by atoms with E-state index in [-0.39, 0.29) is 0 Å². The van der Waals surface area contributed by atoms with Crippen LogP contribution in [0.4, 0.5) is 0 Å². The van der Waals surface area contributed by atoms with Crippen molar-refractivity contribution in [2.45, 2.75) is 32.7 Å². The Bertz CT molecular complexity index is 411. The van der Waals surface area contributed by atoms with Crippen LogP contribution < -0.4 is 0 Å². The third kappa shape index (κ3) is 1.36. The van der Waals surface area contributed by atoms with Crippen LogP contribution in [0, 0.1) is 5.92 Å². The number of aliphatic imine (C=N–C) groups is 1. The summed E-state index contributed by atoms with van der Waals surface area (Å²) in [5.41, 5.74) is 5.57. The molecule has 0 saturated carbocycles. The smallest absolute Gasteiger partial charge is 0.0602 e. The van der Waals surface area contributed by atoms with Crippen molar-refractivity contribution < 1.29 is 0 Å². The molecule has 1 N–H and O–H groups in total. The highest BCUT2D eigenvalue weighted by molar-refractivity contribution is 5.83. The van der Waals surface area contributed by atoms with Gasteiger partial charge < -0.3 is 4.98 Å². The molecule has 2 atom stereocenters. The van der Waals surface area contributed by atoms with E-state index in [4.69, 9.17) is 0 Å². The molecular weight excluding hydrogens is 184 g/mol. The van der Waals surface area contributed by atoms with Gasteiger partial charge in [0, 0.05) is 11.9 Å². The van der Waals surface area contributed by atoms with Gasteiger partial charge in [-0.15, -0.1) is 0 Å². The highest BCUT2D eigenvalue weighted by Crippen LogP contribution is 2.30. The topological polar surface area (TPSA) is 28.1 Å². The fourth-order valence-corrected chi connectivity index (χ4v) is 2.54. The molecule has 0 aromatic carbocycles. The van der Waals surface area contributed by atoms with Crippen LogP contribution in [0.15, 0.2) is 11.1 Å². The molecule has 0 radical (unpaired) electrons. The minimum atomic E-state index is 0.443. The van der Waals surface area contributed by atoms with Gasteiger partial charge in [0.05, 0.1) is 11.7 Å². The normalized spacial score (nSPS) is 27.6. The monoisotopic (exact) mass is 200 g/mol. The van der Waals surface area contributed by atoms with Crippen molar-refractivity contribution in [3.8, 4) is 0 Å². The zero-order valence-electron chi connectivity index (χ0n) is 9.25. The van der Waals surface area contributed by atoms with Crippen molar-refractivity contribution in [3.63, 3.8) is 0 Å². The first-order chi connectivity index (χ1) is 7.24. The number of rotatable bonds is 0. The summed E-state index contributed by atoms with van der Waals surface area (Å²) in [4.78, 5) is 7.91. The zero-order valence-corrected chi connectivity index (χ0v) is 9.25. The summed E-state index contributed by atoms with van der Waals surface area (Å²) in [6, 6.07) is 0.443. The van der Waals surface area contributed by atoms with Crippen LogP contribution in [0.5, 0.6) is 0 Å². The molecule has 2 heteroatoms. The molecule has 15 heavy (non-hydrogen) atoms. The third-order valence-electron chi connectivity index (χ3n) is 3.36. The van der Waals surface area contributed by atoms with Gasteiger partial charge >= 0.3 is 0 Å². The predicted octanol–water partition coefficient (Wildman–Crippen LogP) is 2.58. The van der Waals surface area contributed by atoms with Gasteiger partial charge in [0.2, 0.25) is 0 Å². The Balaban J connectivity index is 2.12. The maximum atomic E-state index is 4.45. The fourth-order valence-electron chi connectivity index (χ4n) is 2.54. The minimum Gasteiger partial charge on any atom is -0.354 e. The van der Waals surface area contributed by atoms with E-state index in [2.05, 4.69) is 36.0 Å². The summed E-state index contributed by atoms with van der Waals surface area (Å²) in [7, 11) is 0.